The molecule has 0 bridgehead atoms. The van der Waals surface area contributed by atoms with Crippen molar-refractivity contribution >= 4 is 0 Å². The molecule has 0 aromatic carbocycles. The van der Waals surface area contributed by atoms with Crippen molar-refractivity contribution in [2.24, 2.45) is 5.41 Å². The Balaban J connectivity index is -0.0000000300. The zero-order chi connectivity index (χ0) is 8.04. The van der Waals surface area contributed by atoms with Crippen molar-refractivity contribution in [2.45, 2.75) is 27.2 Å². The van der Waals surface area contributed by atoms with E-state index in [1.54, 1.807) is 0 Å². The molecule has 0 fully saturated rings. The Labute approximate surface area is 94.3 Å². The van der Waals surface area contributed by atoms with E-state index in [0.29, 0.717) is 0 Å². The van der Waals surface area contributed by atoms with Crippen LogP contribution in [0.15, 0.2) is 24.3 Å². The summed E-state index contributed by atoms with van der Waals surface area (Å²) < 4.78 is 0. The summed E-state index contributed by atoms with van der Waals surface area (Å²) in [6.07, 6.45) is 9.50. The van der Waals surface area contributed by atoms with Crippen molar-refractivity contribution in [3.05, 3.63) is 31.2 Å². The van der Waals surface area contributed by atoms with Crippen LogP contribution in [0.5, 0.6) is 0 Å². The first-order valence-electron chi connectivity index (χ1n) is 3.67. The average Bonchev–Trinajstić information content (AvgIpc) is 2.07. The van der Waals surface area contributed by atoms with Crippen LogP contribution in [0.3, 0.4) is 0 Å². The van der Waals surface area contributed by atoms with Crippen LogP contribution in [0, 0.1) is 12.3 Å². The van der Waals surface area contributed by atoms with E-state index in [-0.39, 0.29) is 35.9 Å². The fraction of sp³-hybridized carbons (Fsp3) is 0.500. The fourth-order valence-electron chi connectivity index (χ4n) is 0.393. The first kappa shape index (κ1) is 13.9. The van der Waals surface area contributed by atoms with Crippen LogP contribution < -0.4 is 0 Å². The Morgan fingerprint density at radius 1 is 1.18 bits per heavy atom. The molecule has 1 rings (SSSR count). The molecule has 0 radical (unpaired) electrons. The van der Waals surface area contributed by atoms with Gasteiger partial charge in [0, 0.05) is 0 Å². The van der Waals surface area contributed by atoms with Crippen LogP contribution >= 0.6 is 0 Å². The van der Waals surface area contributed by atoms with Crippen molar-refractivity contribution in [1.29, 1.82) is 0 Å². The summed E-state index contributed by atoms with van der Waals surface area (Å²) in [5, 5.41) is 0. The molecule has 0 nitrogen and oxygen atoms in total. The summed E-state index contributed by atoms with van der Waals surface area (Å²) in [6, 6.07) is 0. The van der Waals surface area contributed by atoms with Gasteiger partial charge in [0.05, 0.1) is 0 Å². The molecule has 0 spiro atoms. The summed E-state index contributed by atoms with van der Waals surface area (Å²) in [5.74, 6) is 0. The molecule has 1 aliphatic rings. The molecule has 0 N–H and O–H groups in total. The molecule has 1 aliphatic carbocycles. The molecule has 0 saturated heterocycles. The van der Waals surface area contributed by atoms with Gasteiger partial charge in [0.2, 0.25) is 0 Å². The van der Waals surface area contributed by atoms with Gasteiger partial charge >= 0.3 is 26.2 Å². The Morgan fingerprint density at radius 2 is 1.45 bits per heavy atom. The monoisotopic (exact) mass is 230 g/mol. The largest absolute Gasteiger partial charge is 4.00 e. The minimum Gasteiger partial charge on any atom is -1.00 e. The molecular formula is C10H20Zr. The second kappa shape index (κ2) is 7.04. The molecule has 0 atom stereocenters. The molecule has 0 aromatic rings. The van der Waals surface area contributed by atoms with Crippen molar-refractivity contribution in [3.63, 3.8) is 0 Å². The van der Waals surface area contributed by atoms with Crippen LogP contribution in [-0.4, -0.2) is 0 Å². The second-order valence-corrected chi connectivity index (χ2v) is 3.65. The van der Waals surface area contributed by atoms with E-state index in [1.165, 1.54) is 0 Å². The SMILES string of the molecule is C1=CCC=C1.[CH2-]C(C)(C)C.[H-].[H-].[H-].[Zr+4]. The molecule has 11 heavy (non-hydrogen) atoms. The maximum Gasteiger partial charge on any atom is 4.00 e. The average molecular weight is 231 g/mol. The Bertz CT molecular complexity index is 121. The quantitative estimate of drug-likeness (QED) is 0.558. The van der Waals surface area contributed by atoms with Gasteiger partial charge in [-0.2, -0.15) is 5.41 Å². The van der Waals surface area contributed by atoms with E-state index < -0.39 is 0 Å². The fourth-order valence-corrected chi connectivity index (χ4v) is 0.393. The van der Waals surface area contributed by atoms with Crippen LogP contribution in [0.25, 0.3) is 0 Å². The topological polar surface area (TPSA) is 0 Å². The maximum absolute atomic E-state index is 3.77. The summed E-state index contributed by atoms with van der Waals surface area (Å²) in [4.78, 5) is 0. The molecule has 0 aromatic heterocycles. The van der Waals surface area contributed by atoms with Gasteiger partial charge in [-0.1, -0.05) is 45.1 Å². The number of allylic oxidation sites excluding steroid dienone is 4. The minimum atomic E-state index is 0. The number of rotatable bonds is 0. The van der Waals surface area contributed by atoms with Gasteiger partial charge in [-0.25, -0.2) is 0 Å². The Morgan fingerprint density at radius 3 is 1.55 bits per heavy atom. The van der Waals surface area contributed by atoms with Gasteiger partial charge in [0.1, 0.15) is 0 Å². The summed E-state index contributed by atoms with van der Waals surface area (Å²) in [6.45, 7) is 10.0. The van der Waals surface area contributed by atoms with Gasteiger partial charge in [-0.3, -0.25) is 0 Å². The molecule has 64 valence electrons. The third-order valence-corrected chi connectivity index (χ3v) is 0.655. The first-order valence-corrected chi connectivity index (χ1v) is 3.67. The minimum absolute atomic E-state index is 0. The van der Waals surface area contributed by atoms with Crippen LogP contribution in [0.1, 0.15) is 31.5 Å². The van der Waals surface area contributed by atoms with E-state index in [2.05, 4.69) is 52.0 Å². The van der Waals surface area contributed by atoms with E-state index in [1.807, 2.05) is 0 Å². The third-order valence-electron chi connectivity index (χ3n) is 0.655. The Hall–Kier alpha value is 0.363. The maximum atomic E-state index is 3.77. The van der Waals surface area contributed by atoms with Crippen molar-refractivity contribution in [2.75, 3.05) is 0 Å². The molecular weight excluding hydrogens is 211 g/mol. The summed E-state index contributed by atoms with van der Waals surface area (Å²) in [5.41, 5.74) is 0.250. The first-order chi connectivity index (χ1) is 4.50. The standard InChI is InChI=1S/C5H6.C5H11.Zr.3H/c1-2-4-5-3-1;1-5(2,3)4;;;;/h1-4H,5H2;1H2,2-4H3;;;;/q;-1;+4;3*-1. The van der Waals surface area contributed by atoms with Crippen LogP contribution in [0.4, 0.5) is 0 Å². The third kappa shape index (κ3) is 25.2. The molecule has 1 heteroatoms. The van der Waals surface area contributed by atoms with Crippen molar-refractivity contribution < 1.29 is 30.5 Å². The van der Waals surface area contributed by atoms with Crippen molar-refractivity contribution in [3.8, 4) is 0 Å². The normalized spacial score (nSPS) is 13.5. The van der Waals surface area contributed by atoms with Gasteiger partial charge in [0.15, 0.2) is 0 Å². The predicted molar refractivity (Wildman–Crippen MR) is 51.0 cm³/mol. The molecule has 0 saturated carbocycles. The smallest absolute Gasteiger partial charge is 1.00 e. The molecule has 0 heterocycles. The molecule has 0 amide bonds. The number of hydrogen-bond donors (Lipinski definition) is 0. The van der Waals surface area contributed by atoms with Gasteiger partial charge < -0.3 is 11.2 Å². The zero-order valence-electron chi connectivity index (χ0n) is 10.7. The van der Waals surface area contributed by atoms with Crippen LogP contribution in [0.2, 0.25) is 0 Å². The summed E-state index contributed by atoms with van der Waals surface area (Å²) >= 11 is 0. The number of hydrogen-bond acceptors (Lipinski definition) is 0. The van der Waals surface area contributed by atoms with Gasteiger partial charge in [-0.05, 0) is 6.42 Å². The van der Waals surface area contributed by atoms with Gasteiger partial charge in [0.25, 0.3) is 0 Å². The second-order valence-electron chi connectivity index (χ2n) is 3.65. The zero-order valence-corrected chi connectivity index (χ0v) is 10.2. The molecule has 0 unspecified atom stereocenters. The Kier molecular flexibility index (Phi) is 8.90. The van der Waals surface area contributed by atoms with Crippen LogP contribution in [-0.2, 0) is 26.2 Å². The van der Waals surface area contributed by atoms with Crippen molar-refractivity contribution in [1.82, 2.24) is 0 Å². The van der Waals surface area contributed by atoms with E-state index >= 15 is 0 Å². The van der Waals surface area contributed by atoms with E-state index in [4.69, 9.17) is 0 Å². The van der Waals surface area contributed by atoms with Gasteiger partial charge in [-0.15, -0.1) is 0 Å². The van der Waals surface area contributed by atoms with E-state index in [0.717, 1.165) is 6.42 Å². The van der Waals surface area contributed by atoms with E-state index in [9.17, 15) is 0 Å². The predicted octanol–water partition coefficient (Wildman–Crippen LogP) is 3.70. The summed E-state index contributed by atoms with van der Waals surface area (Å²) in [7, 11) is 0. The molecule has 0 aliphatic heterocycles.